The molecule has 6 heavy (non-hydrogen) atoms. The van der Waals surface area contributed by atoms with Gasteiger partial charge in [0.1, 0.15) is 0 Å². The number of halogens is 4. The molecule has 1 radical (unpaired) electrons. The summed E-state index contributed by atoms with van der Waals surface area (Å²) in [7, 11) is 0. The first-order chi connectivity index (χ1) is 2.00. The summed E-state index contributed by atoms with van der Waals surface area (Å²) in [5.41, 5.74) is 0. The molecule has 6 heteroatoms. The van der Waals surface area contributed by atoms with Crippen molar-refractivity contribution in [2.45, 2.75) is 0 Å². The third kappa shape index (κ3) is 40.5. The van der Waals surface area contributed by atoms with E-state index in [1.54, 1.807) is 0 Å². The van der Waals surface area contributed by atoms with Crippen molar-refractivity contribution >= 4 is 0 Å². The van der Waals surface area contributed by atoms with Crippen molar-refractivity contribution in [3.63, 3.8) is 0 Å². The second kappa shape index (κ2) is 3.79. The van der Waals surface area contributed by atoms with Crippen LogP contribution >= 0.6 is 0 Å². The van der Waals surface area contributed by atoms with Crippen LogP contribution in [0.25, 0.3) is 0 Å². The van der Waals surface area contributed by atoms with Gasteiger partial charge >= 0.3 is 33.2 Å². The molecular formula is F4LuZr. The van der Waals surface area contributed by atoms with E-state index in [-0.39, 0.29) is 36.9 Å². The number of hydrogen-bond donors (Lipinski definition) is 0. The Kier molecular flexibility index (Phi) is 6.80. The van der Waals surface area contributed by atoms with Crippen LogP contribution in [0.5, 0.6) is 0 Å². The van der Waals surface area contributed by atoms with Gasteiger partial charge in [0.25, 0.3) is 0 Å². The van der Waals surface area contributed by atoms with Gasteiger partial charge in [-0.1, -0.05) is 0 Å². The van der Waals surface area contributed by atoms with Crippen LogP contribution in [0.15, 0.2) is 0 Å². The van der Waals surface area contributed by atoms with Crippen LogP contribution < -0.4 is 0 Å². The molecule has 0 aliphatic rings. The average molecular weight is 342 g/mol. The summed E-state index contributed by atoms with van der Waals surface area (Å²) in [5, 5.41) is 0. The maximum Gasteiger partial charge on any atom is 0 e. The van der Waals surface area contributed by atoms with Crippen LogP contribution in [0, 0.1) is 36.9 Å². The SMILES string of the molecule is [F][Zr]([F])([F])[F].[Lu]. The van der Waals surface area contributed by atoms with E-state index >= 15 is 0 Å². The molecule has 0 nitrogen and oxygen atoms in total. The van der Waals surface area contributed by atoms with Gasteiger partial charge in [0.2, 0.25) is 0 Å². The first-order valence-corrected chi connectivity index (χ1v) is 4.47. The molecule has 0 spiro atoms. The van der Waals surface area contributed by atoms with Gasteiger partial charge in [-0.2, -0.15) is 0 Å². The Bertz CT molecular complexity index is 23.0. The molecule has 0 heterocycles. The van der Waals surface area contributed by atoms with Gasteiger partial charge in [-0.15, -0.1) is 0 Å². The van der Waals surface area contributed by atoms with Crippen molar-refractivity contribution in [3.8, 4) is 0 Å². The molecule has 0 aromatic heterocycles. The van der Waals surface area contributed by atoms with Gasteiger partial charge in [0.05, 0.1) is 0 Å². The smallest absolute Gasteiger partial charge is 0 e. The Labute approximate surface area is 69.0 Å². The molecule has 0 atom stereocenters. The van der Waals surface area contributed by atoms with Crippen molar-refractivity contribution in [1.82, 2.24) is 0 Å². The van der Waals surface area contributed by atoms with Crippen molar-refractivity contribution < 1.29 is 70.1 Å². The molecule has 0 fully saturated rings. The van der Waals surface area contributed by atoms with Gasteiger partial charge in [-0.25, -0.2) is 0 Å². The van der Waals surface area contributed by atoms with Gasteiger partial charge in [0.15, 0.2) is 0 Å². The number of hydrogen-bond acceptors (Lipinski definition) is 0. The molecule has 0 aliphatic heterocycles. The third-order valence-electron chi connectivity index (χ3n) is 0. The predicted octanol–water partition coefficient (Wildman–Crippen LogP) is 1.68. The second-order valence-corrected chi connectivity index (χ2v) is 2.54. The fourth-order valence-electron chi connectivity index (χ4n) is 0. The minimum absolute atomic E-state index is 0. The molecule has 0 aliphatic carbocycles. The van der Waals surface area contributed by atoms with E-state index in [4.69, 9.17) is 0 Å². The zero-order valence-corrected chi connectivity index (χ0v) is 6.38. The topological polar surface area (TPSA) is 0 Å². The van der Waals surface area contributed by atoms with Crippen LogP contribution in [-0.4, -0.2) is 0 Å². The average Bonchev–Trinajstić information content (AvgIpc) is 0.722. The van der Waals surface area contributed by atoms with Gasteiger partial charge in [-0.3, -0.25) is 0 Å². The van der Waals surface area contributed by atoms with Crippen molar-refractivity contribution in [2.24, 2.45) is 0 Å². The minimum Gasteiger partial charge on any atom is 0 e. The zero-order valence-electron chi connectivity index (χ0n) is 2.27. The normalized spacial score (nSPS) is 10.0. The molecule has 0 aromatic rings. The molecule has 0 saturated carbocycles. The van der Waals surface area contributed by atoms with E-state index < -0.39 is 22.7 Å². The maximum absolute atomic E-state index is 9.90. The van der Waals surface area contributed by atoms with Crippen LogP contribution in [-0.2, 0) is 22.7 Å². The van der Waals surface area contributed by atoms with E-state index in [1.807, 2.05) is 0 Å². The van der Waals surface area contributed by atoms with E-state index in [2.05, 4.69) is 0 Å². The van der Waals surface area contributed by atoms with Crippen molar-refractivity contribution in [1.29, 1.82) is 0 Å². The summed E-state index contributed by atoms with van der Waals surface area (Å²) in [5.74, 6) is 0. The molecular weight excluding hydrogens is 342 g/mol. The largest absolute Gasteiger partial charge is 0 e. The molecule has 0 N–H and O–H groups in total. The van der Waals surface area contributed by atoms with Gasteiger partial charge in [0, 0.05) is 36.9 Å². The molecule has 0 aromatic carbocycles. The summed E-state index contributed by atoms with van der Waals surface area (Å²) < 4.78 is 39.6. The zero-order chi connectivity index (χ0) is 4.50. The fourth-order valence-corrected chi connectivity index (χ4v) is 0. The summed E-state index contributed by atoms with van der Waals surface area (Å²) in [6.07, 6.45) is 0. The quantitative estimate of drug-likeness (QED) is 0.588. The molecule has 0 saturated heterocycles. The van der Waals surface area contributed by atoms with E-state index in [0.717, 1.165) is 0 Å². The Hall–Kier alpha value is 1.84. The standard InChI is InChI=1S/4FH.Lu.Zr/h4*1H;;/q;;;;;+4/p-4. The Balaban J connectivity index is 0. The monoisotopic (exact) mass is 341 g/mol. The van der Waals surface area contributed by atoms with Crippen LogP contribution in [0.1, 0.15) is 0 Å². The summed E-state index contributed by atoms with van der Waals surface area (Å²) in [6, 6.07) is 0. The Morgan fingerprint density at radius 1 is 0.833 bits per heavy atom. The summed E-state index contributed by atoms with van der Waals surface area (Å²) >= 11 is -7.18. The Morgan fingerprint density at radius 3 is 0.833 bits per heavy atom. The van der Waals surface area contributed by atoms with Crippen molar-refractivity contribution in [2.75, 3.05) is 0 Å². The summed E-state index contributed by atoms with van der Waals surface area (Å²) in [6.45, 7) is 0. The van der Waals surface area contributed by atoms with Crippen LogP contribution in [0.3, 0.4) is 0 Å². The molecule has 0 amide bonds. The maximum atomic E-state index is 9.90. The molecule has 47 valence electrons. The van der Waals surface area contributed by atoms with E-state index in [1.165, 1.54) is 0 Å². The second-order valence-electron chi connectivity index (χ2n) is 0.429. The van der Waals surface area contributed by atoms with Crippen LogP contribution in [0.2, 0.25) is 0 Å². The third-order valence-corrected chi connectivity index (χ3v) is 0. The number of rotatable bonds is 0. The van der Waals surface area contributed by atoms with E-state index in [0.29, 0.717) is 0 Å². The predicted molar refractivity (Wildman–Crippen MR) is 4.43 cm³/mol. The van der Waals surface area contributed by atoms with Gasteiger partial charge < -0.3 is 0 Å². The molecule has 0 bridgehead atoms. The van der Waals surface area contributed by atoms with Gasteiger partial charge in [-0.05, 0) is 0 Å². The molecule has 0 unspecified atom stereocenters. The first kappa shape index (κ1) is 10.8. The molecule has 0 rings (SSSR count). The summed E-state index contributed by atoms with van der Waals surface area (Å²) in [4.78, 5) is 0. The van der Waals surface area contributed by atoms with E-state index in [9.17, 15) is 10.5 Å². The fraction of sp³-hybridized carbons (Fsp3) is 0. The van der Waals surface area contributed by atoms with Crippen LogP contribution in [0.4, 0.5) is 10.5 Å². The Morgan fingerprint density at radius 2 is 0.833 bits per heavy atom. The van der Waals surface area contributed by atoms with Crippen molar-refractivity contribution in [3.05, 3.63) is 0 Å². The minimum atomic E-state index is -7.18. The first-order valence-electron chi connectivity index (χ1n) is 0.756.